The van der Waals surface area contributed by atoms with Gasteiger partial charge >= 0.3 is 0 Å². The van der Waals surface area contributed by atoms with Gasteiger partial charge < -0.3 is 0 Å². The van der Waals surface area contributed by atoms with E-state index in [2.05, 4.69) is 140 Å². The lowest BCUT2D eigenvalue weighted by atomic mass is 9.87. The molecule has 0 unspecified atom stereocenters. The summed E-state index contributed by atoms with van der Waals surface area (Å²) in [4.78, 5) is 2.32. The van der Waals surface area contributed by atoms with Gasteiger partial charge in [0.2, 0.25) is 0 Å². The summed E-state index contributed by atoms with van der Waals surface area (Å²) in [6, 6.07) is 42.8. The fraction of sp³-hybridized carbons (Fsp3) is 0.250. The summed E-state index contributed by atoms with van der Waals surface area (Å²) in [5.74, 6) is 0.553. The van der Waals surface area contributed by atoms with Gasteiger partial charge in [0.15, 0.2) is 0 Å². The largest absolute Gasteiger partial charge is 0.298 e. The van der Waals surface area contributed by atoms with Crippen molar-refractivity contribution in [2.75, 3.05) is 7.05 Å². The van der Waals surface area contributed by atoms with E-state index in [1.54, 1.807) is 0 Å². The zero-order valence-corrected chi connectivity index (χ0v) is 20.1. The van der Waals surface area contributed by atoms with E-state index >= 15 is 0 Å². The topological polar surface area (TPSA) is 3.24 Å². The first kappa shape index (κ1) is 24.5. The Morgan fingerprint density at radius 1 is 0.545 bits per heavy atom. The molecule has 0 N–H and O–H groups in total. The number of hydrogen-bond acceptors (Lipinski definition) is 1. The lowest BCUT2D eigenvalue weighted by molar-refractivity contribution is 0.319. The average molecular weight is 436 g/mol. The van der Waals surface area contributed by atoms with Crippen molar-refractivity contribution in [3.05, 3.63) is 144 Å². The number of unbranched alkanes of at least 4 members (excludes halogenated alkanes) is 1. The first-order chi connectivity index (χ1) is 16.3. The third-order valence-electron chi connectivity index (χ3n) is 5.84. The minimum atomic E-state index is 0.553. The van der Waals surface area contributed by atoms with Gasteiger partial charge in [-0.25, -0.2) is 0 Å². The van der Waals surface area contributed by atoms with E-state index in [0.717, 1.165) is 13.1 Å². The quantitative estimate of drug-likeness (QED) is 0.255. The van der Waals surface area contributed by atoms with Crippen LogP contribution in [0.2, 0.25) is 0 Å². The van der Waals surface area contributed by atoms with Gasteiger partial charge in [0.1, 0.15) is 0 Å². The molecule has 0 atom stereocenters. The van der Waals surface area contributed by atoms with Gasteiger partial charge in [0.25, 0.3) is 0 Å². The molecule has 1 nitrogen and oxygen atoms in total. The van der Waals surface area contributed by atoms with Gasteiger partial charge in [-0.3, -0.25) is 4.90 Å². The van der Waals surface area contributed by atoms with Crippen LogP contribution in [0.15, 0.2) is 121 Å². The van der Waals surface area contributed by atoms with Gasteiger partial charge in [-0.05, 0) is 35.7 Å². The fourth-order valence-corrected chi connectivity index (χ4v) is 4.15. The van der Waals surface area contributed by atoms with Crippen molar-refractivity contribution in [2.24, 2.45) is 0 Å². The molecule has 0 aliphatic heterocycles. The molecule has 0 amide bonds. The van der Waals surface area contributed by atoms with Crippen molar-refractivity contribution >= 4 is 0 Å². The third kappa shape index (κ3) is 8.71. The number of hydrogen-bond donors (Lipinski definition) is 0. The first-order valence-electron chi connectivity index (χ1n) is 12.1. The summed E-state index contributed by atoms with van der Waals surface area (Å²) in [7, 11) is 2.15. The Kier molecular flexibility index (Phi) is 10.4. The number of benzene rings is 4. The Hall–Kier alpha value is -3.16. The minimum Gasteiger partial charge on any atom is -0.298 e. The van der Waals surface area contributed by atoms with Gasteiger partial charge in [-0.2, -0.15) is 0 Å². The van der Waals surface area contributed by atoms with E-state index in [0.29, 0.717) is 5.92 Å². The molecule has 0 spiro atoms. The molecule has 0 radical (unpaired) electrons. The lowest BCUT2D eigenvalue weighted by Crippen LogP contribution is -2.16. The van der Waals surface area contributed by atoms with Gasteiger partial charge in [0, 0.05) is 19.0 Å². The Balaban J connectivity index is 0.000000186. The lowest BCUT2D eigenvalue weighted by Gasteiger charge is -2.17. The molecule has 4 aromatic rings. The molecular formula is C32H37N. The van der Waals surface area contributed by atoms with Crippen LogP contribution in [0.1, 0.15) is 54.4 Å². The number of nitrogens with zero attached hydrogens (tertiary/aromatic N) is 1. The van der Waals surface area contributed by atoms with Crippen molar-refractivity contribution in [1.29, 1.82) is 0 Å². The highest BCUT2D eigenvalue weighted by Crippen LogP contribution is 2.29. The van der Waals surface area contributed by atoms with Crippen LogP contribution >= 0.6 is 0 Å². The molecule has 0 saturated heterocycles. The minimum absolute atomic E-state index is 0.553. The van der Waals surface area contributed by atoms with Crippen molar-refractivity contribution in [2.45, 2.75) is 45.2 Å². The normalized spacial score (nSPS) is 10.7. The molecule has 0 saturated carbocycles. The standard InChI is InChI=1S/C17H20.C15H17N/c1-2-3-14-17(15-10-6-4-7-11-15)16-12-8-5-9-13-16;1-16(12-14-8-4-2-5-9-14)13-15-10-6-3-7-11-15/h4-13,17H,2-3,14H2,1H3;2-11H,12-13H2,1H3. The molecule has 4 aromatic carbocycles. The van der Waals surface area contributed by atoms with E-state index in [9.17, 15) is 0 Å². The maximum atomic E-state index is 2.32. The second-order valence-electron chi connectivity index (χ2n) is 8.66. The maximum absolute atomic E-state index is 2.32. The monoisotopic (exact) mass is 435 g/mol. The fourth-order valence-electron chi connectivity index (χ4n) is 4.15. The Bertz CT molecular complexity index is 916. The Morgan fingerprint density at radius 3 is 1.27 bits per heavy atom. The Morgan fingerprint density at radius 2 is 0.909 bits per heavy atom. The summed E-state index contributed by atoms with van der Waals surface area (Å²) < 4.78 is 0. The van der Waals surface area contributed by atoms with Crippen LogP contribution < -0.4 is 0 Å². The summed E-state index contributed by atoms with van der Waals surface area (Å²) in [6.45, 7) is 4.25. The molecule has 0 fully saturated rings. The van der Waals surface area contributed by atoms with Gasteiger partial charge in [0.05, 0.1) is 0 Å². The summed E-state index contributed by atoms with van der Waals surface area (Å²) in [5.41, 5.74) is 5.60. The van der Waals surface area contributed by atoms with E-state index in [1.165, 1.54) is 41.5 Å². The molecule has 4 rings (SSSR count). The summed E-state index contributed by atoms with van der Waals surface area (Å²) in [5, 5.41) is 0. The second kappa shape index (κ2) is 14.1. The molecule has 33 heavy (non-hydrogen) atoms. The van der Waals surface area contributed by atoms with Crippen LogP contribution in [0.4, 0.5) is 0 Å². The molecular weight excluding hydrogens is 398 g/mol. The molecule has 1 heteroatoms. The van der Waals surface area contributed by atoms with Crippen molar-refractivity contribution in [3.8, 4) is 0 Å². The van der Waals surface area contributed by atoms with Crippen LogP contribution in [-0.4, -0.2) is 11.9 Å². The molecule has 0 aromatic heterocycles. The highest BCUT2D eigenvalue weighted by atomic mass is 15.1. The summed E-state index contributed by atoms with van der Waals surface area (Å²) in [6.07, 6.45) is 3.79. The van der Waals surface area contributed by atoms with E-state index in [1.807, 2.05) is 0 Å². The number of rotatable bonds is 9. The highest BCUT2D eigenvalue weighted by molar-refractivity contribution is 5.32. The van der Waals surface area contributed by atoms with Crippen LogP contribution in [-0.2, 0) is 13.1 Å². The van der Waals surface area contributed by atoms with Crippen LogP contribution in [0.3, 0.4) is 0 Å². The van der Waals surface area contributed by atoms with Crippen LogP contribution in [0.25, 0.3) is 0 Å². The third-order valence-corrected chi connectivity index (χ3v) is 5.84. The average Bonchev–Trinajstić information content (AvgIpc) is 2.87. The molecule has 0 aliphatic carbocycles. The molecule has 0 heterocycles. The highest BCUT2D eigenvalue weighted by Gasteiger charge is 2.12. The van der Waals surface area contributed by atoms with Crippen molar-refractivity contribution in [1.82, 2.24) is 4.90 Å². The SMILES string of the molecule is CCCCC(c1ccccc1)c1ccccc1.CN(Cc1ccccc1)Cc1ccccc1. The molecule has 170 valence electrons. The first-order valence-corrected chi connectivity index (χ1v) is 12.1. The van der Waals surface area contributed by atoms with E-state index in [4.69, 9.17) is 0 Å². The van der Waals surface area contributed by atoms with Gasteiger partial charge in [-0.1, -0.05) is 141 Å². The van der Waals surface area contributed by atoms with Crippen molar-refractivity contribution < 1.29 is 0 Å². The van der Waals surface area contributed by atoms with E-state index in [-0.39, 0.29) is 0 Å². The zero-order chi connectivity index (χ0) is 23.1. The predicted octanol–water partition coefficient (Wildman–Crippen LogP) is 8.33. The van der Waals surface area contributed by atoms with Crippen LogP contribution in [0.5, 0.6) is 0 Å². The van der Waals surface area contributed by atoms with E-state index < -0.39 is 0 Å². The molecule has 0 aliphatic rings. The predicted molar refractivity (Wildman–Crippen MR) is 142 cm³/mol. The van der Waals surface area contributed by atoms with Crippen molar-refractivity contribution in [3.63, 3.8) is 0 Å². The summed E-state index contributed by atoms with van der Waals surface area (Å²) >= 11 is 0. The zero-order valence-electron chi connectivity index (χ0n) is 20.1. The van der Waals surface area contributed by atoms with Crippen LogP contribution in [0, 0.1) is 0 Å². The molecule has 0 bridgehead atoms. The second-order valence-corrected chi connectivity index (χ2v) is 8.66. The smallest absolute Gasteiger partial charge is 0.0234 e. The Labute approximate surface area is 200 Å². The maximum Gasteiger partial charge on any atom is 0.0234 e. The van der Waals surface area contributed by atoms with Gasteiger partial charge in [-0.15, -0.1) is 0 Å².